The van der Waals surface area contributed by atoms with Gasteiger partial charge in [0.1, 0.15) is 5.38 Å². The maximum absolute atomic E-state index is 11.9. The van der Waals surface area contributed by atoms with E-state index in [2.05, 4.69) is 22.8 Å². The van der Waals surface area contributed by atoms with E-state index < -0.39 is 5.38 Å². The summed E-state index contributed by atoms with van der Waals surface area (Å²) in [7, 11) is 0. The molecule has 3 nitrogen and oxygen atoms in total. The number of carbonyl (C=O) groups excluding carboxylic acids is 1. The zero-order valence-electron chi connectivity index (χ0n) is 10.3. The first-order valence-electron chi connectivity index (χ1n) is 6.17. The molecule has 0 saturated carbocycles. The summed E-state index contributed by atoms with van der Waals surface area (Å²) in [5.41, 5.74) is 2.44. The van der Waals surface area contributed by atoms with Gasteiger partial charge in [-0.1, -0.05) is 18.2 Å². The number of aromatic nitrogens is 1. The van der Waals surface area contributed by atoms with Crippen molar-refractivity contribution >= 4 is 28.4 Å². The third-order valence-electron chi connectivity index (χ3n) is 3.49. The number of rotatable bonds is 1. The van der Waals surface area contributed by atoms with Crippen LogP contribution in [0.2, 0.25) is 0 Å². The molecule has 0 fully saturated rings. The summed E-state index contributed by atoms with van der Waals surface area (Å²) in [6.45, 7) is 3.97. The second-order valence-electron chi connectivity index (χ2n) is 4.72. The van der Waals surface area contributed by atoms with Crippen LogP contribution in [0.4, 0.5) is 0 Å². The molecule has 2 heterocycles. The number of hydrogen-bond donors (Lipinski definition) is 0. The molecule has 0 aliphatic carbocycles. The molecule has 1 aliphatic heterocycles. The van der Waals surface area contributed by atoms with Crippen molar-refractivity contribution in [2.24, 2.45) is 0 Å². The van der Waals surface area contributed by atoms with Gasteiger partial charge in [-0.2, -0.15) is 0 Å². The summed E-state index contributed by atoms with van der Waals surface area (Å²) in [6, 6.07) is 10.5. The molecule has 1 amide bonds. The number of amides is 1. The molecule has 2 aromatic rings. The van der Waals surface area contributed by atoms with E-state index in [4.69, 9.17) is 11.6 Å². The first-order valence-corrected chi connectivity index (χ1v) is 6.60. The van der Waals surface area contributed by atoms with E-state index in [0.29, 0.717) is 6.54 Å². The van der Waals surface area contributed by atoms with E-state index in [1.807, 2.05) is 17.0 Å². The molecule has 4 heteroatoms. The van der Waals surface area contributed by atoms with E-state index in [0.717, 1.165) is 13.1 Å². The van der Waals surface area contributed by atoms with Gasteiger partial charge in [-0.15, -0.1) is 11.6 Å². The van der Waals surface area contributed by atoms with Gasteiger partial charge in [0.2, 0.25) is 5.91 Å². The van der Waals surface area contributed by atoms with Crippen molar-refractivity contribution < 1.29 is 4.79 Å². The maximum Gasteiger partial charge on any atom is 0.240 e. The van der Waals surface area contributed by atoms with Crippen LogP contribution in [0.1, 0.15) is 12.6 Å². The average molecular weight is 263 g/mol. The predicted octanol–water partition coefficient (Wildman–Crippen LogP) is 2.61. The van der Waals surface area contributed by atoms with Crippen LogP contribution in [-0.4, -0.2) is 27.3 Å². The van der Waals surface area contributed by atoms with Crippen molar-refractivity contribution in [3.8, 4) is 0 Å². The van der Waals surface area contributed by atoms with Crippen LogP contribution in [0.25, 0.3) is 10.9 Å². The number of para-hydroxylation sites is 1. The van der Waals surface area contributed by atoms with E-state index in [9.17, 15) is 4.79 Å². The molecule has 1 atom stereocenters. The minimum atomic E-state index is -0.444. The topological polar surface area (TPSA) is 25.2 Å². The van der Waals surface area contributed by atoms with E-state index >= 15 is 0 Å². The van der Waals surface area contributed by atoms with Gasteiger partial charge >= 0.3 is 0 Å². The summed E-state index contributed by atoms with van der Waals surface area (Å²) in [5.74, 6) is 0.0215. The summed E-state index contributed by atoms with van der Waals surface area (Å²) in [5, 5.41) is 0.793. The van der Waals surface area contributed by atoms with Crippen molar-refractivity contribution in [1.29, 1.82) is 0 Å². The third-order valence-corrected chi connectivity index (χ3v) is 3.68. The molecule has 3 rings (SSSR count). The Morgan fingerprint density at radius 3 is 2.89 bits per heavy atom. The van der Waals surface area contributed by atoms with Crippen LogP contribution in [0.3, 0.4) is 0 Å². The molecular weight excluding hydrogens is 248 g/mol. The van der Waals surface area contributed by atoms with Crippen LogP contribution in [0, 0.1) is 0 Å². The van der Waals surface area contributed by atoms with Gasteiger partial charge in [-0.3, -0.25) is 4.79 Å². The highest BCUT2D eigenvalue weighted by Gasteiger charge is 2.24. The molecule has 94 valence electrons. The van der Waals surface area contributed by atoms with Crippen LogP contribution >= 0.6 is 11.6 Å². The van der Waals surface area contributed by atoms with Gasteiger partial charge in [0, 0.05) is 24.3 Å². The number of alkyl halides is 1. The van der Waals surface area contributed by atoms with Crippen molar-refractivity contribution in [3.63, 3.8) is 0 Å². The SMILES string of the molecule is CC(Cl)C(=O)N1CCn2c(cc3ccccc32)C1. The molecule has 1 aliphatic rings. The fourth-order valence-electron chi connectivity index (χ4n) is 2.60. The summed E-state index contributed by atoms with van der Waals surface area (Å²) < 4.78 is 2.29. The quantitative estimate of drug-likeness (QED) is 0.726. The Morgan fingerprint density at radius 1 is 1.33 bits per heavy atom. The summed E-state index contributed by atoms with van der Waals surface area (Å²) in [6.07, 6.45) is 0. The molecular formula is C14H15ClN2O. The zero-order chi connectivity index (χ0) is 12.7. The molecule has 1 aromatic heterocycles. The molecule has 0 spiro atoms. The Balaban J connectivity index is 1.96. The molecule has 18 heavy (non-hydrogen) atoms. The second-order valence-corrected chi connectivity index (χ2v) is 5.38. The monoisotopic (exact) mass is 262 g/mol. The maximum atomic E-state index is 11.9. The molecule has 0 bridgehead atoms. The third kappa shape index (κ3) is 1.79. The molecule has 1 aromatic carbocycles. The lowest BCUT2D eigenvalue weighted by molar-refractivity contribution is -0.131. The van der Waals surface area contributed by atoms with Crippen molar-refractivity contribution in [2.45, 2.75) is 25.4 Å². The van der Waals surface area contributed by atoms with Gasteiger partial charge < -0.3 is 9.47 Å². The summed E-state index contributed by atoms with van der Waals surface area (Å²) >= 11 is 5.87. The Hall–Kier alpha value is -1.48. The van der Waals surface area contributed by atoms with Gasteiger partial charge in [-0.05, 0) is 24.4 Å². The highest BCUT2D eigenvalue weighted by molar-refractivity contribution is 6.30. The number of benzene rings is 1. The van der Waals surface area contributed by atoms with Crippen molar-refractivity contribution in [2.75, 3.05) is 6.54 Å². The zero-order valence-corrected chi connectivity index (χ0v) is 11.0. The standard InChI is InChI=1S/C14H15ClN2O/c1-10(15)14(18)16-6-7-17-12(9-16)8-11-4-2-3-5-13(11)17/h2-5,8,10H,6-7,9H2,1H3. The highest BCUT2D eigenvalue weighted by atomic mass is 35.5. The lowest BCUT2D eigenvalue weighted by Crippen LogP contribution is -2.41. The molecule has 0 N–H and O–H groups in total. The fraction of sp³-hybridized carbons (Fsp3) is 0.357. The van der Waals surface area contributed by atoms with Crippen LogP contribution in [0.5, 0.6) is 0 Å². The number of fused-ring (bicyclic) bond motifs is 3. The van der Waals surface area contributed by atoms with E-state index in [1.165, 1.54) is 16.6 Å². The Bertz CT molecular complexity index is 603. The minimum absolute atomic E-state index is 0.0215. The Kier molecular flexibility index (Phi) is 2.78. The molecule has 0 radical (unpaired) electrons. The molecule has 0 saturated heterocycles. The van der Waals surface area contributed by atoms with Crippen molar-refractivity contribution in [1.82, 2.24) is 9.47 Å². The number of carbonyl (C=O) groups is 1. The largest absolute Gasteiger partial charge is 0.341 e. The van der Waals surface area contributed by atoms with Crippen molar-refractivity contribution in [3.05, 3.63) is 36.0 Å². The van der Waals surface area contributed by atoms with E-state index in [1.54, 1.807) is 6.92 Å². The first kappa shape index (κ1) is 11.6. The lowest BCUT2D eigenvalue weighted by atomic mass is 10.2. The van der Waals surface area contributed by atoms with Gasteiger partial charge in [0.15, 0.2) is 0 Å². The molecule has 1 unspecified atom stereocenters. The number of hydrogen-bond acceptors (Lipinski definition) is 1. The van der Waals surface area contributed by atoms with Crippen LogP contribution < -0.4 is 0 Å². The first-order chi connectivity index (χ1) is 8.66. The number of halogens is 1. The Morgan fingerprint density at radius 2 is 2.11 bits per heavy atom. The summed E-state index contributed by atoms with van der Waals surface area (Å²) in [4.78, 5) is 13.7. The van der Waals surface area contributed by atoms with Crippen LogP contribution in [0.15, 0.2) is 30.3 Å². The second kappa shape index (κ2) is 4.32. The predicted molar refractivity (Wildman–Crippen MR) is 72.7 cm³/mol. The highest BCUT2D eigenvalue weighted by Crippen LogP contribution is 2.24. The Labute approximate surface area is 111 Å². The normalized spacial score (nSPS) is 16.7. The average Bonchev–Trinajstić information content (AvgIpc) is 2.75. The number of nitrogens with zero attached hydrogens (tertiary/aromatic N) is 2. The smallest absolute Gasteiger partial charge is 0.240 e. The lowest BCUT2D eigenvalue weighted by Gasteiger charge is -2.29. The van der Waals surface area contributed by atoms with E-state index in [-0.39, 0.29) is 5.91 Å². The van der Waals surface area contributed by atoms with Crippen LogP contribution in [-0.2, 0) is 17.9 Å². The van der Waals surface area contributed by atoms with Gasteiger partial charge in [-0.25, -0.2) is 0 Å². The fourth-order valence-corrected chi connectivity index (χ4v) is 2.74. The van der Waals surface area contributed by atoms with Gasteiger partial charge in [0.25, 0.3) is 0 Å². The minimum Gasteiger partial charge on any atom is -0.341 e. The van der Waals surface area contributed by atoms with Gasteiger partial charge in [0.05, 0.1) is 6.54 Å².